The zero-order chi connectivity index (χ0) is 12.3. The number of halogens is 1. The zero-order valence-electron chi connectivity index (χ0n) is 10.2. The summed E-state index contributed by atoms with van der Waals surface area (Å²) in [4.78, 5) is 0. The number of nitrogens with one attached hydrogen (secondary N) is 1. The molecule has 0 heterocycles. The Hall–Kier alpha value is -0.540. The first kappa shape index (κ1) is 12.9. The van der Waals surface area contributed by atoms with Gasteiger partial charge in [-0.25, -0.2) is 0 Å². The van der Waals surface area contributed by atoms with Crippen LogP contribution in [0.5, 0.6) is 0 Å². The minimum Gasteiger partial charge on any atom is -0.394 e. The van der Waals surface area contributed by atoms with Gasteiger partial charge in [0.1, 0.15) is 0 Å². The van der Waals surface area contributed by atoms with Crippen LogP contribution in [0.1, 0.15) is 32.6 Å². The Morgan fingerprint density at radius 2 is 2.00 bits per heavy atom. The molecule has 0 unspecified atom stereocenters. The third-order valence-corrected chi connectivity index (χ3v) is 4.50. The van der Waals surface area contributed by atoms with Gasteiger partial charge in [0.15, 0.2) is 0 Å². The Labute approximate surface area is 112 Å². The number of aliphatic hydroxyl groups is 1. The van der Waals surface area contributed by atoms with Crippen molar-refractivity contribution in [1.82, 2.24) is 0 Å². The second-order valence-corrected chi connectivity index (χ2v) is 6.08. The molecule has 0 amide bonds. The predicted octanol–water partition coefficient (Wildman–Crippen LogP) is 3.80. The molecule has 1 fully saturated rings. The maximum Gasteiger partial charge on any atom is 0.0661 e. The van der Waals surface area contributed by atoms with Gasteiger partial charge in [-0.15, -0.1) is 0 Å². The average Bonchev–Trinajstić information content (AvgIpc) is 2.35. The van der Waals surface area contributed by atoms with E-state index in [1.54, 1.807) is 0 Å². The van der Waals surface area contributed by atoms with Crippen molar-refractivity contribution in [3.8, 4) is 0 Å². The van der Waals surface area contributed by atoms with Crippen molar-refractivity contribution in [2.45, 2.75) is 38.1 Å². The number of benzene rings is 1. The van der Waals surface area contributed by atoms with Crippen molar-refractivity contribution in [3.63, 3.8) is 0 Å². The molecule has 1 saturated carbocycles. The van der Waals surface area contributed by atoms with E-state index in [0.717, 1.165) is 28.9 Å². The molecule has 0 radical (unpaired) electrons. The molecule has 2 nitrogen and oxygen atoms in total. The second kappa shape index (κ2) is 5.40. The fourth-order valence-corrected chi connectivity index (χ4v) is 2.87. The smallest absolute Gasteiger partial charge is 0.0661 e. The normalized spacial score (nSPS) is 29.0. The first-order valence-electron chi connectivity index (χ1n) is 6.29. The fraction of sp³-hybridized carbons (Fsp3) is 0.571. The summed E-state index contributed by atoms with van der Waals surface area (Å²) < 4.78 is 1.06. The first-order valence-corrected chi connectivity index (χ1v) is 7.08. The van der Waals surface area contributed by atoms with Gasteiger partial charge in [0.25, 0.3) is 0 Å². The van der Waals surface area contributed by atoms with Crippen molar-refractivity contribution in [3.05, 3.63) is 28.7 Å². The van der Waals surface area contributed by atoms with Gasteiger partial charge >= 0.3 is 0 Å². The molecule has 0 saturated heterocycles. The lowest BCUT2D eigenvalue weighted by Crippen LogP contribution is -2.45. The summed E-state index contributed by atoms with van der Waals surface area (Å²) in [6.45, 7) is 2.50. The number of para-hydroxylation sites is 1. The topological polar surface area (TPSA) is 32.3 Å². The van der Waals surface area contributed by atoms with Crippen LogP contribution in [0.25, 0.3) is 0 Å². The quantitative estimate of drug-likeness (QED) is 0.889. The third-order valence-electron chi connectivity index (χ3n) is 3.81. The van der Waals surface area contributed by atoms with E-state index in [2.05, 4.69) is 34.2 Å². The molecule has 0 bridgehead atoms. The van der Waals surface area contributed by atoms with Crippen LogP contribution in [0.3, 0.4) is 0 Å². The van der Waals surface area contributed by atoms with Gasteiger partial charge in [-0.05, 0) is 59.7 Å². The maximum absolute atomic E-state index is 9.70. The summed E-state index contributed by atoms with van der Waals surface area (Å²) in [6, 6.07) is 8.10. The summed E-state index contributed by atoms with van der Waals surface area (Å²) in [5, 5.41) is 13.2. The van der Waals surface area contributed by atoms with Crippen molar-refractivity contribution in [2.24, 2.45) is 5.92 Å². The Morgan fingerprint density at radius 1 is 1.35 bits per heavy atom. The van der Waals surface area contributed by atoms with E-state index in [1.165, 1.54) is 12.8 Å². The van der Waals surface area contributed by atoms with E-state index < -0.39 is 0 Å². The van der Waals surface area contributed by atoms with E-state index in [1.807, 2.05) is 18.2 Å². The highest BCUT2D eigenvalue weighted by Gasteiger charge is 2.33. The highest BCUT2D eigenvalue weighted by atomic mass is 79.9. The monoisotopic (exact) mass is 297 g/mol. The molecule has 1 aromatic carbocycles. The summed E-state index contributed by atoms with van der Waals surface area (Å²) in [7, 11) is 0. The Bertz CT molecular complexity index is 372. The lowest BCUT2D eigenvalue weighted by Gasteiger charge is -2.39. The number of hydrogen-bond donors (Lipinski definition) is 2. The van der Waals surface area contributed by atoms with Gasteiger partial charge in [0.2, 0.25) is 0 Å². The van der Waals surface area contributed by atoms with Crippen LogP contribution in [0.15, 0.2) is 28.7 Å². The SMILES string of the molecule is CC1CCC(CO)(Nc2ccccc2Br)CC1. The molecular formula is C14H20BrNO. The average molecular weight is 298 g/mol. The van der Waals surface area contributed by atoms with Crippen molar-refractivity contribution in [1.29, 1.82) is 0 Å². The molecule has 1 aromatic rings. The number of hydrogen-bond acceptors (Lipinski definition) is 2. The zero-order valence-corrected chi connectivity index (χ0v) is 11.8. The third kappa shape index (κ3) is 3.02. The summed E-state index contributed by atoms with van der Waals surface area (Å²) in [5.74, 6) is 0.788. The minimum atomic E-state index is -0.129. The number of anilines is 1. The van der Waals surface area contributed by atoms with Crippen LogP contribution >= 0.6 is 15.9 Å². The Kier molecular flexibility index (Phi) is 4.10. The molecule has 1 aliphatic carbocycles. The van der Waals surface area contributed by atoms with Crippen LogP contribution in [-0.2, 0) is 0 Å². The number of aliphatic hydroxyl groups excluding tert-OH is 1. The predicted molar refractivity (Wildman–Crippen MR) is 75.2 cm³/mol. The summed E-state index contributed by atoms with van der Waals surface area (Å²) >= 11 is 3.54. The van der Waals surface area contributed by atoms with Gasteiger partial charge < -0.3 is 10.4 Å². The lowest BCUT2D eigenvalue weighted by atomic mass is 9.77. The molecule has 17 heavy (non-hydrogen) atoms. The minimum absolute atomic E-state index is 0.129. The van der Waals surface area contributed by atoms with Crippen LogP contribution in [-0.4, -0.2) is 17.3 Å². The van der Waals surface area contributed by atoms with Crippen LogP contribution in [0.2, 0.25) is 0 Å². The molecule has 0 aromatic heterocycles. The first-order chi connectivity index (χ1) is 8.15. The van der Waals surface area contributed by atoms with E-state index >= 15 is 0 Å². The maximum atomic E-state index is 9.70. The van der Waals surface area contributed by atoms with Crippen LogP contribution in [0.4, 0.5) is 5.69 Å². The molecule has 3 heteroatoms. The molecule has 94 valence electrons. The number of rotatable bonds is 3. The summed E-state index contributed by atoms with van der Waals surface area (Å²) in [6.07, 6.45) is 4.48. The molecule has 2 rings (SSSR count). The van der Waals surface area contributed by atoms with Gasteiger partial charge in [-0.2, -0.15) is 0 Å². The van der Waals surface area contributed by atoms with Crippen molar-refractivity contribution < 1.29 is 5.11 Å². The molecule has 0 aliphatic heterocycles. The highest BCUT2D eigenvalue weighted by Crippen LogP contribution is 2.36. The van der Waals surface area contributed by atoms with E-state index in [9.17, 15) is 5.11 Å². The largest absolute Gasteiger partial charge is 0.394 e. The van der Waals surface area contributed by atoms with E-state index in [4.69, 9.17) is 0 Å². The van der Waals surface area contributed by atoms with Gasteiger partial charge in [-0.1, -0.05) is 19.1 Å². The molecular weight excluding hydrogens is 278 g/mol. The van der Waals surface area contributed by atoms with Gasteiger partial charge in [-0.3, -0.25) is 0 Å². The van der Waals surface area contributed by atoms with E-state index in [0.29, 0.717) is 0 Å². The second-order valence-electron chi connectivity index (χ2n) is 5.23. The van der Waals surface area contributed by atoms with E-state index in [-0.39, 0.29) is 12.1 Å². The van der Waals surface area contributed by atoms with Crippen molar-refractivity contribution in [2.75, 3.05) is 11.9 Å². The fourth-order valence-electron chi connectivity index (χ4n) is 2.49. The molecule has 2 N–H and O–H groups in total. The van der Waals surface area contributed by atoms with Crippen LogP contribution in [0, 0.1) is 5.92 Å². The molecule has 1 aliphatic rings. The lowest BCUT2D eigenvalue weighted by molar-refractivity contribution is 0.155. The van der Waals surface area contributed by atoms with Gasteiger partial charge in [0.05, 0.1) is 12.1 Å². The van der Waals surface area contributed by atoms with Gasteiger partial charge in [0, 0.05) is 10.2 Å². The molecule has 0 spiro atoms. The van der Waals surface area contributed by atoms with Crippen molar-refractivity contribution >= 4 is 21.6 Å². The Balaban J connectivity index is 2.12. The van der Waals surface area contributed by atoms with Crippen LogP contribution < -0.4 is 5.32 Å². The highest BCUT2D eigenvalue weighted by molar-refractivity contribution is 9.10. The summed E-state index contributed by atoms with van der Waals surface area (Å²) in [5.41, 5.74) is 0.951. The standard InChI is InChI=1S/C14H20BrNO/c1-11-6-8-14(10-17,9-7-11)16-13-5-3-2-4-12(13)15/h2-5,11,16-17H,6-10H2,1H3. The Morgan fingerprint density at radius 3 is 2.59 bits per heavy atom. The molecule has 0 atom stereocenters.